The predicted molar refractivity (Wildman–Crippen MR) is 126 cm³/mol. The van der Waals surface area contributed by atoms with E-state index in [1.165, 1.54) is 19.2 Å². The van der Waals surface area contributed by atoms with Crippen molar-refractivity contribution in [1.29, 1.82) is 0 Å². The summed E-state index contributed by atoms with van der Waals surface area (Å²) in [7, 11) is 3.06. The quantitative estimate of drug-likeness (QED) is 0.475. The number of phenolic OH excluding ortho intramolecular Hbond substituents is 1. The van der Waals surface area contributed by atoms with E-state index in [1.54, 1.807) is 44.4 Å². The number of rotatable bonds is 6. The van der Waals surface area contributed by atoms with Gasteiger partial charge in [0.15, 0.2) is 5.76 Å². The number of aromatic hydroxyl groups is 1. The van der Waals surface area contributed by atoms with Crippen LogP contribution in [-0.4, -0.2) is 36.9 Å². The molecule has 1 aromatic heterocycles. The molecule has 0 atom stereocenters. The average molecular weight is 463 g/mol. The normalized spacial score (nSPS) is 13.8. The van der Waals surface area contributed by atoms with Crippen molar-refractivity contribution in [3.05, 3.63) is 70.7 Å². The van der Waals surface area contributed by atoms with Gasteiger partial charge in [-0.05, 0) is 44.0 Å². The summed E-state index contributed by atoms with van der Waals surface area (Å²) in [6.45, 7) is 1.79. The fourth-order valence-corrected chi connectivity index (χ4v) is 3.92. The molecule has 0 aliphatic heterocycles. The van der Waals surface area contributed by atoms with E-state index in [0.29, 0.717) is 47.1 Å². The number of aryl methyl sites for hydroxylation is 1. The van der Waals surface area contributed by atoms with Crippen LogP contribution in [0.1, 0.15) is 50.6 Å². The topological polar surface area (TPSA) is 122 Å². The van der Waals surface area contributed by atoms with Crippen molar-refractivity contribution in [3.63, 3.8) is 0 Å². The summed E-state index contributed by atoms with van der Waals surface area (Å²) >= 11 is 0. The average Bonchev–Trinajstić information content (AvgIpc) is 3.20. The Labute approximate surface area is 196 Å². The first-order chi connectivity index (χ1) is 16.4. The summed E-state index contributed by atoms with van der Waals surface area (Å²) < 4.78 is 16.5. The Balaban J connectivity index is 1.58. The molecule has 0 bridgehead atoms. The Morgan fingerprint density at radius 1 is 1.06 bits per heavy atom. The molecular weight excluding hydrogens is 438 g/mol. The number of benzene rings is 2. The van der Waals surface area contributed by atoms with E-state index < -0.39 is 11.8 Å². The highest BCUT2D eigenvalue weighted by atomic mass is 16.5. The van der Waals surface area contributed by atoms with Crippen LogP contribution in [0.25, 0.3) is 0 Å². The maximum absolute atomic E-state index is 13.0. The van der Waals surface area contributed by atoms with Gasteiger partial charge in [0.05, 0.1) is 31.2 Å². The van der Waals surface area contributed by atoms with Gasteiger partial charge in [-0.3, -0.25) is 9.59 Å². The summed E-state index contributed by atoms with van der Waals surface area (Å²) in [6, 6.07) is 11.3. The predicted octanol–water partition coefficient (Wildman–Crippen LogP) is 4.03. The van der Waals surface area contributed by atoms with Gasteiger partial charge in [0, 0.05) is 23.6 Å². The molecule has 1 heterocycles. The number of methoxy groups -OCH3 is 2. The number of carbonyl (C=O) groups is 2. The molecule has 3 N–H and O–H groups in total. The molecule has 0 saturated carbocycles. The smallest absolute Gasteiger partial charge is 0.291 e. The van der Waals surface area contributed by atoms with Gasteiger partial charge in [-0.1, -0.05) is 12.1 Å². The number of hydrogen-bond donors (Lipinski definition) is 3. The van der Waals surface area contributed by atoms with Crippen molar-refractivity contribution in [2.24, 2.45) is 5.10 Å². The SMILES string of the molecule is COc1ccc(NC(=O)c2oc3c(c2C)/C(=N/NC(=O)c2ccccc2O)CCC3)c(OC)c1. The molecule has 2 aromatic carbocycles. The summed E-state index contributed by atoms with van der Waals surface area (Å²) in [5.74, 6) is 0.797. The van der Waals surface area contributed by atoms with Crippen LogP contribution in [0.3, 0.4) is 0 Å². The number of nitrogens with one attached hydrogen (secondary N) is 2. The van der Waals surface area contributed by atoms with Gasteiger partial charge < -0.3 is 24.3 Å². The van der Waals surface area contributed by atoms with Crippen molar-refractivity contribution in [3.8, 4) is 17.2 Å². The summed E-state index contributed by atoms with van der Waals surface area (Å²) in [6.07, 6.45) is 2.03. The van der Waals surface area contributed by atoms with Gasteiger partial charge in [-0.2, -0.15) is 5.10 Å². The van der Waals surface area contributed by atoms with Gasteiger partial charge in [0.25, 0.3) is 11.8 Å². The van der Waals surface area contributed by atoms with Crippen LogP contribution in [0.15, 0.2) is 52.0 Å². The Morgan fingerprint density at radius 2 is 1.85 bits per heavy atom. The molecule has 34 heavy (non-hydrogen) atoms. The van der Waals surface area contributed by atoms with Crippen molar-refractivity contribution in [1.82, 2.24) is 5.43 Å². The van der Waals surface area contributed by atoms with E-state index in [-0.39, 0.29) is 17.1 Å². The zero-order chi connectivity index (χ0) is 24.2. The minimum atomic E-state index is -0.525. The minimum Gasteiger partial charge on any atom is -0.507 e. The third kappa shape index (κ3) is 4.45. The second-order valence-electron chi connectivity index (χ2n) is 7.74. The van der Waals surface area contributed by atoms with E-state index in [4.69, 9.17) is 13.9 Å². The van der Waals surface area contributed by atoms with Crippen LogP contribution in [0.4, 0.5) is 5.69 Å². The zero-order valence-corrected chi connectivity index (χ0v) is 19.1. The molecule has 9 heteroatoms. The Hall–Kier alpha value is -4.27. The van der Waals surface area contributed by atoms with Gasteiger partial charge >= 0.3 is 0 Å². The van der Waals surface area contributed by atoms with Crippen LogP contribution in [0, 0.1) is 6.92 Å². The maximum Gasteiger partial charge on any atom is 0.291 e. The molecule has 0 saturated heterocycles. The van der Waals surface area contributed by atoms with Gasteiger partial charge in [-0.25, -0.2) is 5.43 Å². The number of furan rings is 1. The molecule has 176 valence electrons. The number of anilines is 1. The van der Waals surface area contributed by atoms with Crippen LogP contribution >= 0.6 is 0 Å². The van der Waals surface area contributed by atoms with E-state index in [0.717, 1.165) is 12.0 Å². The first-order valence-corrected chi connectivity index (χ1v) is 10.7. The van der Waals surface area contributed by atoms with Gasteiger partial charge in [-0.15, -0.1) is 0 Å². The summed E-state index contributed by atoms with van der Waals surface area (Å²) in [5.41, 5.74) is 5.07. The van der Waals surface area contributed by atoms with Crippen LogP contribution in [0.2, 0.25) is 0 Å². The van der Waals surface area contributed by atoms with E-state index in [9.17, 15) is 14.7 Å². The number of fused-ring (bicyclic) bond motifs is 1. The van der Waals surface area contributed by atoms with E-state index in [2.05, 4.69) is 15.8 Å². The molecule has 0 spiro atoms. The molecule has 0 radical (unpaired) electrons. The first-order valence-electron chi connectivity index (χ1n) is 10.7. The van der Waals surface area contributed by atoms with Crippen LogP contribution < -0.4 is 20.2 Å². The van der Waals surface area contributed by atoms with Gasteiger partial charge in [0.2, 0.25) is 0 Å². The number of carbonyl (C=O) groups excluding carboxylic acids is 2. The lowest BCUT2D eigenvalue weighted by atomic mass is 9.93. The second-order valence-corrected chi connectivity index (χ2v) is 7.74. The number of nitrogens with zero attached hydrogens (tertiary/aromatic N) is 1. The lowest BCUT2D eigenvalue weighted by molar-refractivity contribution is 0.0950. The summed E-state index contributed by atoms with van der Waals surface area (Å²) in [4.78, 5) is 25.5. The molecule has 0 unspecified atom stereocenters. The molecule has 2 amide bonds. The summed E-state index contributed by atoms with van der Waals surface area (Å²) in [5, 5.41) is 17.0. The largest absolute Gasteiger partial charge is 0.507 e. The minimum absolute atomic E-state index is 0.125. The number of hydrogen-bond acceptors (Lipinski definition) is 7. The van der Waals surface area contributed by atoms with E-state index >= 15 is 0 Å². The number of para-hydroxylation sites is 1. The number of amides is 2. The Morgan fingerprint density at radius 3 is 2.59 bits per heavy atom. The molecule has 1 aliphatic carbocycles. The lowest BCUT2D eigenvalue weighted by Gasteiger charge is -2.13. The third-order valence-corrected chi connectivity index (χ3v) is 5.63. The monoisotopic (exact) mass is 463 g/mol. The molecule has 4 rings (SSSR count). The van der Waals surface area contributed by atoms with Crippen LogP contribution in [-0.2, 0) is 6.42 Å². The Kier molecular flexibility index (Phi) is 6.53. The van der Waals surface area contributed by atoms with Crippen molar-refractivity contribution < 1.29 is 28.6 Å². The van der Waals surface area contributed by atoms with Crippen molar-refractivity contribution in [2.75, 3.05) is 19.5 Å². The molecule has 1 aliphatic rings. The maximum atomic E-state index is 13.0. The zero-order valence-electron chi connectivity index (χ0n) is 19.1. The highest BCUT2D eigenvalue weighted by molar-refractivity contribution is 6.10. The second kappa shape index (κ2) is 9.70. The number of ether oxygens (including phenoxy) is 2. The van der Waals surface area contributed by atoms with Crippen molar-refractivity contribution >= 4 is 23.2 Å². The number of hydrazone groups is 1. The molecule has 9 nitrogen and oxygen atoms in total. The fraction of sp³-hybridized carbons (Fsp3) is 0.240. The highest BCUT2D eigenvalue weighted by Crippen LogP contribution is 2.33. The van der Waals surface area contributed by atoms with Crippen molar-refractivity contribution in [2.45, 2.75) is 26.2 Å². The van der Waals surface area contributed by atoms with Crippen LogP contribution in [0.5, 0.6) is 17.2 Å². The molecule has 0 fully saturated rings. The Bertz CT molecular complexity index is 1280. The highest BCUT2D eigenvalue weighted by Gasteiger charge is 2.28. The fourth-order valence-electron chi connectivity index (χ4n) is 3.92. The third-order valence-electron chi connectivity index (χ3n) is 5.63. The van der Waals surface area contributed by atoms with E-state index in [1.807, 2.05) is 0 Å². The molecular formula is C25H25N3O6. The number of phenols is 1. The lowest BCUT2D eigenvalue weighted by Crippen LogP contribution is -2.22. The standard InChI is InChI=1S/C25H25N3O6/c1-14-22-18(27-28-24(30)16-7-4-5-9-19(16)29)8-6-10-20(22)34-23(14)25(31)26-17-12-11-15(32-2)13-21(17)33-3/h4-5,7,9,11-13,29H,6,8,10H2,1-3H3,(H,26,31)(H,28,30)/b27-18+. The molecule has 3 aromatic rings. The first kappa shape index (κ1) is 22.9. The van der Waals surface area contributed by atoms with Gasteiger partial charge in [0.1, 0.15) is 23.0 Å².